The Morgan fingerprint density at radius 2 is 1.14 bits per heavy atom. The molecule has 3 unspecified atom stereocenters. The summed E-state index contributed by atoms with van der Waals surface area (Å²) in [5.74, 6) is -0.173. The van der Waals surface area contributed by atoms with Crippen molar-refractivity contribution < 1.29 is 20.1 Å². The van der Waals surface area contributed by atoms with E-state index in [0.29, 0.717) is 12.8 Å². The molecule has 212 valence electrons. The molecule has 5 heteroatoms. The van der Waals surface area contributed by atoms with Gasteiger partial charge in [-0.2, -0.15) is 0 Å². The molecule has 3 atom stereocenters. The Bertz CT molecular complexity index is 535. The number of nitrogens with one attached hydrogen (secondary N) is 1. The number of hydrogen-bond donors (Lipinski definition) is 4. The van der Waals surface area contributed by atoms with Gasteiger partial charge in [0.25, 0.3) is 0 Å². The van der Waals surface area contributed by atoms with Crippen molar-refractivity contribution >= 4 is 5.91 Å². The second-order valence-corrected chi connectivity index (χ2v) is 10.3. The van der Waals surface area contributed by atoms with Gasteiger partial charge in [0.1, 0.15) is 6.10 Å². The minimum absolute atomic E-state index is 0.173. The predicted molar refractivity (Wildman–Crippen MR) is 153 cm³/mol. The molecule has 0 aliphatic carbocycles. The lowest BCUT2D eigenvalue weighted by Crippen LogP contribution is -2.50. The van der Waals surface area contributed by atoms with E-state index in [0.717, 1.165) is 51.4 Å². The molecule has 0 aromatic rings. The molecule has 0 saturated carbocycles. The average molecular weight is 510 g/mol. The molecule has 4 N–H and O–H groups in total. The SMILES string of the molecule is CCCC/C=C\CCCCCCC(=O)NC(CO)C(O)C(O)CCC/C=C/CCCCCCCCC. The normalized spacial score (nSPS) is 14.5. The van der Waals surface area contributed by atoms with Crippen LogP contribution in [0.4, 0.5) is 0 Å². The van der Waals surface area contributed by atoms with Gasteiger partial charge < -0.3 is 20.6 Å². The van der Waals surface area contributed by atoms with Crippen LogP contribution in [0, 0.1) is 0 Å². The van der Waals surface area contributed by atoms with Gasteiger partial charge in [0, 0.05) is 6.42 Å². The summed E-state index contributed by atoms with van der Waals surface area (Å²) in [5, 5.41) is 33.0. The second kappa shape index (κ2) is 26.9. The molecule has 0 heterocycles. The Morgan fingerprint density at radius 3 is 1.69 bits per heavy atom. The third-order valence-corrected chi connectivity index (χ3v) is 6.78. The van der Waals surface area contributed by atoms with Crippen molar-refractivity contribution in [3.63, 3.8) is 0 Å². The predicted octanol–water partition coefficient (Wildman–Crippen LogP) is 7.14. The number of unbranched alkanes of at least 4 members (excludes halogenated alkanes) is 14. The van der Waals surface area contributed by atoms with Gasteiger partial charge in [-0.05, 0) is 57.8 Å². The highest BCUT2D eigenvalue weighted by atomic mass is 16.3. The maximum atomic E-state index is 12.2. The van der Waals surface area contributed by atoms with Crippen molar-refractivity contribution in [2.24, 2.45) is 0 Å². The highest BCUT2D eigenvalue weighted by molar-refractivity contribution is 5.76. The van der Waals surface area contributed by atoms with Crippen molar-refractivity contribution in [2.45, 2.75) is 161 Å². The summed E-state index contributed by atoms with van der Waals surface area (Å²) >= 11 is 0. The molecular formula is C31H59NO4. The highest BCUT2D eigenvalue weighted by Crippen LogP contribution is 2.12. The number of aliphatic hydroxyl groups is 3. The number of aliphatic hydroxyl groups excluding tert-OH is 3. The van der Waals surface area contributed by atoms with Crippen LogP contribution in [-0.2, 0) is 4.79 Å². The van der Waals surface area contributed by atoms with E-state index >= 15 is 0 Å². The molecule has 0 saturated heterocycles. The molecule has 0 radical (unpaired) electrons. The van der Waals surface area contributed by atoms with Crippen LogP contribution in [0.3, 0.4) is 0 Å². The molecule has 0 aliphatic rings. The first-order chi connectivity index (χ1) is 17.6. The van der Waals surface area contributed by atoms with E-state index in [1.165, 1.54) is 64.2 Å². The Hall–Kier alpha value is -1.17. The maximum Gasteiger partial charge on any atom is 0.220 e. The second-order valence-electron chi connectivity index (χ2n) is 10.3. The van der Waals surface area contributed by atoms with Crippen LogP contribution in [0.15, 0.2) is 24.3 Å². The van der Waals surface area contributed by atoms with Crippen LogP contribution in [-0.4, -0.2) is 46.1 Å². The zero-order chi connectivity index (χ0) is 26.7. The fourth-order valence-electron chi connectivity index (χ4n) is 4.32. The smallest absolute Gasteiger partial charge is 0.220 e. The largest absolute Gasteiger partial charge is 0.394 e. The molecule has 0 aliphatic heterocycles. The summed E-state index contributed by atoms with van der Waals surface area (Å²) in [7, 11) is 0. The first-order valence-electron chi connectivity index (χ1n) is 15.1. The number of rotatable bonds is 26. The number of amides is 1. The van der Waals surface area contributed by atoms with Crippen LogP contribution < -0.4 is 5.32 Å². The average Bonchev–Trinajstić information content (AvgIpc) is 2.88. The van der Waals surface area contributed by atoms with Crippen molar-refractivity contribution in [1.29, 1.82) is 0 Å². The van der Waals surface area contributed by atoms with Gasteiger partial charge in [0.2, 0.25) is 5.91 Å². The summed E-state index contributed by atoms with van der Waals surface area (Å²) in [5.41, 5.74) is 0. The lowest BCUT2D eigenvalue weighted by molar-refractivity contribution is -0.124. The van der Waals surface area contributed by atoms with Gasteiger partial charge >= 0.3 is 0 Å². The van der Waals surface area contributed by atoms with Gasteiger partial charge in [-0.15, -0.1) is 0 Å². The van der Waals surface area contributed by atoms with E-state index in [1.807, 2.05) is 0 Å². The summed E-state index contributed by atoms with van der Waals surface area (Å²) in [4.78, 5) is 12.2. The monoisotopic (exact) mass is 509 g/mol. The lowest BCUT2D eigenvalue weighted by Gasteiger charge is -2.26. The highest BCUT2D eigenvalue weighted by Gasteiger charge is 2.26. The minimum atomic E-state index is -1.16. The first kappa shape index (κ1) is 34.8. The van der Waals surface area contributed by atoms with Crippen LogP contribution in [0.25, 0.3) is 0 Å². The zero-order valence-electron chi connectivity index (χ0n) is 23.6. The molecule has 0 rings (SSSR count). The van der Waals surface area contributed by atoms with E-state index in [-0.39, 0.29) is 12.5 Å². The zero-order valence-corrected chi connectivity index (χ0v) is 23.6. The molecular weight excluding hydrogens is 450 g/mol. The Labute approximate surface area is 222 Å². The topological polar surface area (TPSA) is 89.8 Å². The number of carbonyl (C=O) groups is 1. The Kier molecular flexibility index (Phi) is 26.0. The third kappa shape index (κ3) is 22.1. The Balaban J connectivity index is 3.86. The van der Waals surface area contributed by atoms with E-state index in [2.05, 4.69) is 43.5 Å². The first-order valence-corrected chi connectivity index (χ1v) is 15.1. The van der Waals surface area contributed by atoms with Crippen LogP contribution >= 0.6 is 0 Å². The van der Waals surface area contributed by atoms with Crippen molar-refractivity contribution in [3.05, 3.63) is 24.3 Å². The van der Waals surface area contributed by atoms with E-state index in [4.69, 9.17) is 0 Å². The molecule has 0 bridgehead atoms. The number of hydrogen-bond acceptors (Lipinski definition) is 4. The maximum absolute atomic E-state index is 12.2. The van der Waals surface area contributed by atoms with Crippen LogP contribution in [0.1, 0.15) is 142 Å². The van der Waals surface area contributed by atoms with Gasteiger partial charge in [-0.1, -0.05) is 102 Å². The fourth-order valence-corrected chi connectivity index (χ4v) is 4.32. The Morgan fingerprint density at radius 1 is 0.667 bits per heavy atom. The number of allylic oxidation sites excluding steroid dienone is 4. The van der Waals surface area contributed by atoms with Gasteiger partial charge in [0.05, 0.1) is 18.8 Å². The molecule has 1 amide bonds. The minimum Gasteiger partial charge on any atom is -0.394 e. The van der Waals surface area contributed by atoms with Crippen molar-refractivity contribution in [2.75, 3.05) is 6.61 Å². The standard InChI is InChI=1S/C31H59NO4/c1-3-5-7-9-11-13-15-16-17-19-21-23-25-29(34)31(36)28(27-33)32-30(35)26-24-22-20-18-14-12-10-8-6-4-2/h10,12,17,19,28-29,31,33-34,36H,3-9,11,13-16,18,20-27H2,1-2H3,(H,32,35)/b12-10-,19-17+. The van der Waals surface area contributed by atoms with E-state index < -0.39 is 18.2 Å². The van der Waals surface area contributed by atoms with Crippen molar-refractivity contribution in [1.82, 2.24) is 5.32 Å². The molecule has 0 fully saturated rings. The van der Waals surface area contributed by atoms with Crippen LogP contribution in [0.2, 0.25) is 0 Å². The molecule has 0 aromatic heterocycles. The quantitative estimate of drug-likeness (QED) is 0.0737. The van der Waals surface area contributed by atoms with Crippen LogP contribution in [0.5, 0.6) is 0 Å². The van der Waals surface area contributed by atoms with Gasteiger partial charge in [-0.3, -0.25) is 4.79 Å². The fraction of sp³-hybridized carbons (Fsp3) is 0.839. The summed E-state index contributed by atoms with van der Waals surface area (Å²) in [6.45, 7) is 4.06. The number of carbonyl (C=O) groups excluding carboxylic acids is 1. The molecule has 36 heavy (non-hydrogen) atoms. The molecule has 0 spiro atoms. The lowest BCUT2D eigenvalue weighted by atomic mass is 10.0. The van der Waals surface area contributed by atoms with Gasteiger partial charge in [0.15, 0.2) is 0 Å². The molecule has 0 aromatic carbocycles. The summed E-state index contributed by atoms with van der Waals surface area (Å²) in [6.07, 6.45) is 28.4. The summed E-state index contributed by atoms with van der Waals surface area (Å²) in [6, 6.07) is -0.825. The van der Waals surface area contributed by atoms with Crippen molar-refractivity contribution in [3.8, 4) is 0 Å². The molecule has 5 nitrogen and oxygen atoms in total. The van der Waals surface area contributed by atoms with Gasteiger partial charge in [-0.25, -0.2) is 0 Å². The summed E-state index contributed by atoms with van der Waals surface area (Å²) < 4.78 is 0. The van der Waals surface area contributed by atoms with E-state index in [1.54, 1.807) is 0 Å². The van der Waals surface area contributed by atoms with E-state index in [9.17, 15) is 20.1 Å². The third-order valence-electron chi connectivity index (χ3n) is 6.78.